The average Bonchev–Trinajstić information content (AvgIpc) is 2.80. The minimum absolute atomic E-state index is 0.0389. The van der Waals surface area contributed by atoms with Gasteiger partial charge in [-0.25, -0.2) is 9.37 Å². The number of rotatable bonds is 5. The quantitative estimate of drug-likeness (QED) is 0.384. The van der Waals surface area contributed by atoms with Crippen LogP contribution in [0.3, 0.4) is 0 Å². The summed E-state index contributed by atoms with van der Waals surface area (Å²) in [6.45, 7) is 0.488. The second kappa shape index (κ2) is 8.15. The molecule has 1 heterocycles. The highest BCUT2D eigenvalue weighted by Gasteiger charge is 2.13. The molecule has 3 nitrogen and oxygen atoms in total. The monoisotopic (exact) mass is 408 g/mol. The molecular formula is C27H21FN2O. The van der Waals surface area contributed by atoms with Crippen LogP contribution in [0.15, 0.2) is 95.8 Å². The van der Waals surface area contributed by atoms with Gasteiger partial charge in [-0.15, -0.1) is 0 Å². The number of benzene rings is 4. The van der Waals surface area contributed by atoms with Gasteiger partial charge >= 0.3 is 0 Å². The highest BCUT2D eigenvalue weighted by molar-refractivity contribution is 5.86. The Bertz CT molecular complexity index is 1430. The van der Waals surface area contributed by atoms with Crippen LogP contribution in [0.4, 0.5) is 4.39 Å². The van der Waals surface area contributed by atoms with E-state index in [2.05, 4.69) is 24.3 Å². The molecule has 0 fully saturated rings. The molecular weight excluding hydrogens is 387 g/mol. The molecule has 0 bridgehead atoms. The van der Waals surface area contributed by atoms with E-state index >= 15 is 0 Å². The summed E-state index contributed by atoms with van der Waals surface area (Å²) in [5, 5.41) is 2.95. The maximum absolute atomic E-state index is 13.3. The average molecular weight is 408 g/mol. The Morgan fingerprint density at radius 3 is 2.32 bits per heavy atom. The van der Waals surface area contributed by atoms with E-state index in [1.165, 1.54) is 17.5 Å². The second-order valence-corrected chi connectivity index (χ2v) is 7.69. The van der Waals surface area contributed by atoms with Gasteiger partial charge in [0.1, 0.15) is 11.6 Å². The SMILES string of the molecule is O=c1c2ccccc2nc(Cc2cccc3ccccc23)n1CCc1ccc(F)cc1. The fraction of sp³-hybridized carbons (Fsp3) is 0.111. The van der Waals surface area contributed by atoms with E-state index in [0.717, 1.165) is 22.3 Å². The molecule has 0 aliphatic carbocycles. The zero-order valence-electron chi connectivity index (χ0n) is 17.0. The smallest absolute Gasteiger partial charge is 0.261 e. The number of nitrogens with zero attached hydrogens (tertiary/aromatic N) is 2. The molecule has 0 saturated heterocycles. The number of hydrogen-bond acceptors (Lipinski definition) is 2. The molecule has 4 heteroatoms. The zero-order valence-corrected chi connectivity index (χ0v) is 17.0. The molecule has 4 aromatic carbocycles. The fourth-order valence-corrected chi connectivity index (χ4v) is 4.09. The third kappa shape index (κ3) is 3.84. The standard InChI is InChI=1S/C27H21FN2O/c28-22-14-12-19(13-15-22)16-17-30-26(29-25-11-4-3-10-24(25)27(30)31)18-21-8-5-7-20-6-1-2-9-23(20)21/h1-15H,16-18H2. The van der Waals surface area contributed by atoms with Crippen LogP contribution < -0.4 is 5.56 Å². The van der Waals surface area contributed by atoms with Crippen LogP contribution in [0, 0.1) is 5.82 Å². The first-order chi connectivity index (χ1) is 15.2. The molecule has 0 unspecified atom stereocenters. The van der Waals surface area contributed by atoms with Crippen molar-refractivity contribution in [3.8, 4) is 0 Å². The van der Waals surface area contributed by atoms with Crippen molar-refractivity contribution in [2.45, 2.75) is 19.4 Å². The van der Waals surface area contributed by atoms with Crippen LogP contribution in [0.25, 0.3) is 21.7 Å². The first kappa shape index (κ1) is 19.2. The molecule has 0 aliphatic rings. The van der Waals surface area contributed by atoms with E-state index in [9.17, 15) is 9.18 Å². The molecule has 5 aromatic rings. The predicted molar refractivity (Wildman–Crippen MR) is 123 cm³/mol. The van der Waals surface area contributed by atoms with E-state index in [4.69, 9.17) is 4.98 Å². The van der Waals surface area contributed by atoms with Crippen LogP contribution >= 0.6 is 0 Å². The van der Waals surface area contributed by atoms with Gasteiger partial charge in [-0.05, 0) is 52.6 Å². The fourth-order valence-electron chi connectivity index (χ4n) is 4.09. The maximum atomic E-state index is 13.3. The van der Waals surface area contributed by atoms with E-state index < -0.39 is 0 Å². The Morgan fingerprint density at radius 2 is 1.48 bits per heavy atom. The van der Waals surface area contributed by atoms with Crippen molar-refractivity contribution in [1.29, 1.82) is 0 Å². The summed E-state index contributed by atoms with van der Waals surface area (Å²) in [6, 6.07) is 28.4. The van der Waals surface area contributed by atoms with Crippen molar-refractivity contribution >= 4 is 21.7 Å². The van der Waals surface area contributed by atoms with Crippen LogP contribution in [0.1, 0.15) is 17.0 Å². The lowest BCUT2D eigenvalue weighted by atomic mass is 10.0. The summed E-state index contributed by atoms with van der Waals surface area (Å²) < 4.78 is 15.0. The van der Waals surface area contributed by atoms with Gasteiger partial charge in [0.25, 0.3) is 5.56 Å². The first-order valence-corrected chi connectivity index (χ1v) is 10.4. The lowest BCUT2D eigenvalue weighted by Crippen LogP contribution is -2.26. The summed E-state index contributed by atoms with van der Waals surface area (Å²) in [4.78, 5) is 18.2. The van der Waals surface area contributed by atoms with Crippen LogP contribution in [0.2, 0.25) is 0 Å². The van der Waals surface area contributed by atoms with Gasteiger partial charge in [0.15, 0.2) is 0 Å². The number of para-hydroxylation sites is 1. The predicted octanol–water partition coefficient (Wildman–Crippen LogP) is 5.52. The van der Waals surface area contributed by atoms with Gasteiger partial charge < -0.3 is 0 Å². The van der Waals surface area contributed by atoms with Gasteiger partial charge in [0.05, 0.1) is 10.9 Å². The largest absolute Gasteiger partial charge is 0.296 e. The summed E-state index contributed by atoms with van der Waals surface area (Å²) in [5.41, 5.74) is 2.79. The van der Waals surface area contributed by atoms with Crippen LogP contribution in [0.5, 0.6) is 0 Å². The number of aromatic nitrogens is 2. The maximum Gasteiger partial charge on any atom is 0.261 e. The first-order valence-electron chi connectivity index (χ1n) is 10.4. The van der Waals surface area contributed by atoms with Crippen molar-refractivity contribution in [2.24, 2.45) is 0 Å². The Kier molecular flexibility index (Phi) is 5.04. The lowest BCUT2D eigenvalue weighted by molar-refractivity contribution is 0.617. The van der Waals surface area contributed by atoms with Gasteiger partial charge in [0.2, 0.25) is 0 Å². The lowest BCUT2D eigenvalue weighted by Gasteiger charge is -2.15. The molecule has 0 radical (unpaired) electrons. The van der Waals surface area contributed by atoms with Crippen molar-refractivity contribution in [2.75, 3.05) is 0 Å². The van der Waals surface area contributed by atoms with Crippen molar-refractivity contribution in [1.82, 2.24) is 9.55 Å². The zero-order chi connectivity index (χ0) is 21.2. The third-order valence-electron chi connectivity index (χ3n) is 5.71. The van der Waals surface area contributed by atoms with Gasteiger partial charge in [-0.3, -0.25) is 9.36 Å². The van der Waals surface area contributed by atoms with Crippen molar-refractivity contribution in [3.05, 3.63) is 124 Å². The molecule has 0 amide bonds. The van der Waals surface area contributed by atoms with Crippen LogP contribution in [-0.2, 0) is 19.4 Å². The van der Waals surface area contributed by atoms with E-state index in [1.807, 2.05) is 42.5 Å². The molecule has 0 atom stereocenters. The Hall–Kier alpha value is -3.79. The second-order valence-electron chi connectivity index (χ2n) is 7.69. The molecule has 31 heavy (non-hydrogen) atoms. The topological polar surface area (TPSA) is 34.9 Å². The van der Waals surface area contributed by atoms with Gasteiger partial charge in [-0.2, -0.15) is 0 Å². The molecule has 0 spiro atoms. The van der Waals surface area contributed by atoms with Crippen LogP contribution in [-0.4, -0.2) is 9.55 Å². The highest BCUT2D eigenvalue weighted by atomic mass is 19.1. The van der Waals surface area contributed by atoms with Gasteiger partial charge in [0, 0.05) is 13.0 Å². The Balaban J connectivity index is 1.59. The van der Waals surface area contributed by atoms with Crippen molar-refractivity contribution in [3.63, 3.8) is 0 Å². The molecule has 152 valence electrons. The third-order valence-corrected chi connectivity index (χ3v) is 5.71. The summed E-state index contributed by atoms with van der Waals surface area (Å²) in [6.07, 6.45) is 1.19. The molecule has 5 rings (SSSR count). The Labute approximate surface area is 179 Å². The van der Waals surface area contributed by atoms with E-state index in [1.54, 1.807) is 16.7 Å². The molecule has 0 aliphatic heterocycles. The number of halogens is 1. The normalized spacial score (nSPS) is 11.3. The van der Waals surface area contributed by atoms with Gasteiger partial charge in [-0.1, -0.05) is 66.7 Å². The number of hydrogen-bond donors (Lipinski definition) is 0. The number of aryl methyl sites for hydroxylation is 1. The summed E-state index contributed by atoms with van der Waals surface area (Å²) >= 11 is 0. The minimum atomic E-state index is -0.259. The number of fused-ring (bicyclic) bond motifs is 2. The molecule has 0 saturated carbocycles. The summed E-state index contributed by atoms with van der Waals surface area (Å²) in [7, 11) is 0. The molecule has 0 N–H and O–H groups in total. The van der Waals surface area contributed by atoms with E-state index in [-0.39, 0.29) is 11.4 Å². The highest BCUT2D eigenvalue weighted by Crippen LogP contribution is 2.21. The van der Waals surface area contributed by atoms with E-state index in [0.29, 0.717) is 30.3 Å². The Morgan fingerprint density at radius 1 is 0.774 bits per heavy atom. The van der Waals surface area contributed by atoms with Crippen molar-refractivity contribution < 1.29 is 4.39 Å². The molecule has 1 aromatic heterocycles. The minimum Gasteiger partial charge on any atom is -0.296 e. The summed E-state index contributed by atoms with van der Waals surface area (Å²) in [5.74, 6) is 0.479.